The number of hydrogen-bond acceptors (Lipinski definition) is 2. The Labute approximate surface area is 103 Å². The molecular formula is C12H24N2O3. The number of rotatable bonds is 7. The van der Waals surface area contributed by atoms with Crippen LogP contribution in [0.5, 0.6) is 0 Å². The standard InChI is InChI=1S/C12H24N2O3/c1-5-6-7-14(4)12(17)13-10(9(2)3)8-11(15)16/h9-10H,5-8H2,1-4H3,(H,13,17)(H,15,16). The molecule has 5 nitrogen and oxygen atoms in total. The average Bonchev–Trinajstić information content (AvgIpc) is 2.23. The maximum Gasteiger partial charge on any atom is 0.317 e. The molecule has 0 spiro atoms. The summed E-state index contributed by atoms with van der Waals surface area (Å²) in [6, 6.07) is -0.512. The second kappa shape index (κ2) is 7.92. The fourth-order valence-corrected chi connectivity index (χ4v) is 1.41. The van der Waals surface area contributed by atoms with E-state index in [2.05, 4.69) is 12.2 Å². The van der Waals surface area contributed by atoms with E-state index in [1.165, 1.54) is 0 Å². The second-order valence-electron chi connectivity index (χ2n) is 4.67. The van der Waals surface area contributed by atoms with Crippen molar-refractivity contribution in [1.29, 1.82) is 0 Å². The number of hydrogen-bond donors (Lipinski definition) is 2. The largest absolute Gasteiger partial charge is 0.481 e. The molecule has 0 bridgehead atoms. The van der Waals surface area contributed by atoms with E-state index in [9.17, 15) is 9.59 Å². The minimum Gasteiger partial charge on any atom is -0.481 e. The highest BCUT2D eigenvalue weighted by Gasteiger charge is 2.20. The summed E-state index contributed by atoms with van der Waals surface area (Å²) in [7, 11) is 1.73. The first kappa shape index (κ1) is 15.7. The van der Waals surface area contributed by atoms with Gasteiger partial charge in [0, 0.05) is 19.6 Å². The molecule has 0 aliphatic carbocycles. The Morgan fingerprint density at radius 1 is 1.35 bits per heavy atom. The van der Waals surface area contributed by atoms with Crippen LogP contribution in [0.2, 0.25) is 0 Å². The third-order valence-electron chi connectivity index (χ3n) is 2.70. The van der Waals surface area contributed by atoms with Gasteiger partial charge in [0.15, 0.2) is 0 Å². The van der Waals surface area contributed by atoms with Crippen LogP contribution in [0.4, 0.5) is 4.79 Å². The summed E-state index contributed by atoms with van der Waals surface area (Å²) < 4.78 is 0. The lowest BCUT2D eigenvalue weighted by atomic mass is 10.0. The molecule has 0 fully saturated rings. The molecule has 0 heterocycles. The highest BCUT2D eigenvalue weighted by molar-refractivity contribution is 5.75. The van der Waals surface area contributed by atoms with E-state index in [1.807, 2.05) is 13.8 Å². The molecule has 0 aliphatic rings. The Balaban J connectivity index is 4.24. The first-order valence-electron chi connectivity index (χ1n) is 6.11. The van der Waals surface area contributed by atoms with E-state index in [1.54, 1.807) is 11.9 Å². The highest BCUT2D eigenvalue weighted by Crippen LogP contribution is 2.07. The number of nitrogens with zero attached hydrogens (tertiary/aromatic N) is 1. The van der Waals surface area contributed by atoms with Crippen LogP contribution in [-0.2, 0) is 4.79 Å². The van der Waals surface area contributed by atoms with Crippen molar-refractivity contribution in [3.8, 4) is 0 Å². The van der Waals surface area contributed by atoms with Crippen LogP contribution in [0.3, 0.4) is 0 Å². The molecule has 2 N–H and O–H groups in total. The van der Waals surface area contributed by atoms with Crippen molar-refractivity contribution in [2.45, 2.75) is 46.1 Å². The molecule has 100 valence electrons. The van der Waals surface area contributed by atoms with Crippen molar-refractivity contribution in [1.82, 2.24) is 10.2 Å². The van der Waals surface area contributed by atoms with Crippen LogP contribution in [0.15, 0.2) is 0 Å². The zero-order valence-corrected chi connectivity index (χ0v) is 11.2. The summed E-state index contributed by atoms with van der Waals surface area (Å²) in [4.78, 5) is 24.0. The minimum atomic E-state index is -0.889. The number of amides is 2. The monoisotopic (exact) mass is 244 g/mol. The van der Waals surface area contributed by atoms with Gasteiger partial charge in [-0.25, -0.2) is 4.79 Å². The van der Waals surface area contributed by atoms with E-state index >= 15 is 0 Å². The summed E-state index contributed by atoms with van der Waals surface area (Å²) in [5.41, 5.74) is 0. The maximum absolute atomic E-state index is 11.8. The minimum absolute atomic E-state index is 0.0367. The first-order chi connectivity index (χ1) is 7.88. The summed E-state index contributed by atoms with van der Waals surface area (Å²) in [6.45, 7) is 6.56. The number of carboxylic acid groups (broad SMARTS) is 1. The van der Waals surface area contributed by atoms with Crippen molar-refractivity contribution >= 4 is 12.0 Å². The zero-order valence-electron chi connectivity index (χ0n) is 11.2. The number of nitrogens with one attached hydrogen (secondary N) is 1. The number of unbranched alkanes of at least 4 members (excludes halogenated alkanes) is 1. The lowest BCUT2D eigenvalue weighted by Gasteiger charge is -2.25. The number of urea groups is 1. The van der Waals surface area contributed by atoms with Gasteiger partial charge < -0.3 is 15.3 Å². The molecule has 0 aliphatic heterocycles. The van der Waals surface area contributed by atoms with Gasteiger partial charge in [0.05, 0.1) is 6.42 Å². The molecule has 0 aromatic heterocycles. The molecule has 1 atom stereocenters. The zero-order chi connectivity index (χ0) is 13.4. The van der Waals surface area contributed by atoms with E-state index in [4.69, 9.17) is 5.11 Å². The van der Waals surface area contributed by atoms with Crippen LogP contribution in [0, 0.1) is 5.92 Å². The molecule has 2 amide bonds. The number of carbonyl (C=O) groups is 2. The van der Waals surface area contributed by atoms with Gasteiger partial charge in [-0.3, -0.25) is 4.79 Å². The quantitative estimate of drug-likeness (QED) is 0.719. The second-order valence-corrected chi connectivity index (χ2v) is 4.67. The molecule has 0 saturated carbocycles. The summed E-state index contributed by atoms with van der Waals surface area (Å²) in [5, 5.41) is 11.5. The van der Waals surface area contributed by atoms with Crippen LogP contribution < -0.4 is 5.32 Å². The Hall–Kier alpha value is -1.26. The van der Waals surface area contributed by atoms with Gasteiger partial charge in [0.2, 0.25) is 0 Å². The molecule has 0 rings (SSSR count). The van der Waals surface area contributed by atoms with Gasteiger partial charge in [-0.2, -0.15) is 0 Å². The van der Waals surface area contributed by atoms with Crippen molar-refractivity contribution in [2.24, 2.45) is 5.92 Å². The van der Waals surface area contributed by atoms with Crippen LogP contribution >= 0.6 is 0 Å². The van der Waals surface area contributed by atoms with Gasteiger partial charge >= 0.3 is 12.0 Å². The lowest BCUT2D eigenvalue weighted by molar-refractivity contribution is -0.137. The van der Waals surface area contributed by atoms with Gasteiger partial charge in [-0.1, -0.05) is 27.2 Å². The van der Waals surface area contributed by atoms with Crippen molar-refractivity contribution in [2.75, 3.05) is 13.6 Å². The summed E-state index contributed by atoms with van der Waals surface area (Å²) >= 11 is 0. The molecule has 0 radical (unpaired) electrons. The molecule has 0 aromatic carbocycles. The lowest BCUT2D eigenvalue weighted by Crippen LogP contribution is -2.46. The average molecular weight is 244 g/mol. The van der Waals surface area contributed by atoms with E-state index < -0.39 is 5.97 Å². The Bertz CT molecular complexity index is 254. The Morgan fingerprint density at radius 2 is 1.94 bits per heavy atom. The van der Waals surface area contributed by atoms with Crippen molar-refractivity contribution in [3.05, 3.63) is 0 Å². The summed E-state index contributed by atoms with van der Waals surface area (Å²) in [5.74, 6) is -0.783. The van der Waals surface area contributed by atoms with Gasteiger partial charge in [0.1, 0.15) is 0 Å². The molecule has 0 saturated heterocycles. The molecule has 17 heavy (non-hydrogen) atoms. The van der Waals surface area contributed by atoms with E-state index in [0.29, 0.717) is 6.54 Å². The smallest absolute Gasteiger partial charge is 0.317 e. The van der Waals surface area contributed by atoms with Gasteiger partial charge in [-0.15, -0.1) is 0 Å². The van der Waals surface area contributed by atoms with Gasteiger partial charge in [0.25, 0.3) is 0 Å². The van der Waals surface area contributed by atoms with E-state index in [-0.39, 0.29) is 24.4 Å². The number of aliphatic carboxylic acids is 1. The highest BCUT2D eigenvalue weighted by atomic mass is 16.4. The SMILES string of the molecule is CCCCN(C)C(=O)NC(CC(=O)O)C(C)C. The predicted molar refractivity (Wildman–Crippen MR) is 66.9 cm³/mol. The summed E-state index contributed by atoms with van der Waals surface area (Å²) in [6.07, 6.45) is 1.95. The molecule has 0 aromatic rings. The van der Waals surface area contributed by atoms with Crippen molar-refractivity contribution < 1.29 is 14.7 Å². The normalized spacial score (nSPS) is 12.3. The number of carbonyl (C=O) groups excluding carboxylic acids is 1. The maximum atomic E-state index is 11.8. The molecule has 5 heteroatoms. The van der Waals surface area contributed by atoms with E-state index in [0.717, 1.165) is 12.8 Å². The van der Waals surface area contributed by atoms with Crippen LogP contribution in [0.1, 0.15) is 40.0 Å². The Kier molecular flexibility index (Phi) is 7.34. The van der Waals surface area contributed by atoms with Gasteiger partial charge in [-0.05, 0) is 12.3 Å². The fraction of sp³-hybridized carbons (Fsp3) is 0.833. The topological polar surface area (TPSA) is 69.6 Å². The van der Waals surface area contributed by atoms with Crippen LogP contribution in [-0.4, -0.2) is 41.6 Å². The number of carboxylic acids is 1. The third kappa shape index (κ3) is 6.81. The third-order valence-corrected chi connectivity index (χ3v) is 2.70. The first-order valence-corrected chi connectivity index (χ1v) is 6.11. The van der Waals surface area contributed by atoms with Crippen LogP contribution in [0.25, 0.3) is 0 Å². The van der Waals surface area contributed by atoms with Crippen molar-refractivity contribution in [3.63, 3.8) is 0 Å². The predicted octanol–water partition coefficient (Wildman–Crippen LogP) is 1.93. The fourth-order valence-electron chi connectivity index (χ4n) is 1.41. The molecular weight excluding hydrogens is 220 g/mol. The Morgan fingerprint density at radius 3 is 2.35 bits per heavy atom. The molecule has 1 unspecified atom stereocenters.